The normalized spacial score (nSPS) is 27.9. The van der Waals surface area contributed by atoms with E-state index in [-0.39, 0.29) is 11.8 Å². The lowest BCUT2D eigenvalue weighted by Crippen LogP contribution is -2.46. The van der Waals surface area contributed by atoms with Gasteiger partial charge in [-0.25, -0.2) is 8.42 Å². The number of rotatable bonds is 2. The molecule has 0 amide bonds. The van der Waals surface area contributed by atoms with Crippen LogP contribution < -0.4 is 10.6 Å². The molecule has 0 aromatic heterocycles. The molecule has 0 radical (unpaired) electrons. The fourth-order valence-electron chi connectivity index (χ4n) is 2.31. The average Bonchev–Trinajstić information content (AvgIpc) is 2.59. The highest BCUT2D eigenvalue weighted by molar-refractivity contribution is 7.94. The molecule has 2 N–H and O–H groups in total. The molecule has 0 saturated heterocycles. The smallest absolute Gasteiger partial charge is 0.173 e. The van der Waals surface area contributed by atoms with Gasteiger partial charge in [0.05, 0.1) is 11.8 Å². The summed E-state index contributed by atoms with van der Waals surface area (Å²) in [5, 5.41) is 8.13. The second-order valence-corrected chi connectivity index (χ2v) is 7.06. The number of hydrogen-bond donors (Lipinski definition) is 2. The van der Waals surface area contributed by atoms with Crippen molar-refractivity contribution >= 4 is 27.2 Å². The number of thiocarbonyl (C=S) groups is 1. The first-order valence-corrected chi connectivity index (χ1v) is 8.15. The van der Waals surface area contributed by atoms with Crippen molar-refractivity contribution in [3.05, 3.63) is 11.5 Å². The van der Waals surface area contributed by atoms with E-state index in [9.17, 15) is 8.42 Å². The fourth-order valence-corrected chi connectivity index (χ4v) is 3.86. The van der Waals surface area contributed by atoms with Crippen molar-refractivity contribution < 1.29 is 8.42 Å². The quantitative estimate of drug-likeness (QED) is 0.738. The first-order chi connectivity index (χ1) is 8.05. The lowest BCUT2D eigenvalue weighted by atomic mass is 9.96. The predicted octanol–water partition coefficient (Wildman–Crippen LogP) is 1.09. The molecule has 2 rings (SSSR count). The monoisotopic (exact) mass is 274 g/mol. The molecular formula is C11H18N2O2S2. The van der Waals surface area contributed by atoms with Gasteiger partial charge in [0.2, 0.25) is 0 Å². The van der Waals surface area contributed by atoms with Crippen LogP contribution in [0.1, 0.15) is 32.1 Å². The van der Waals surface area contributed by atoms with Crippen LogP contribution in [0.4, 0.5) is 0 Å². The van der Waals surface area contributed by atoms with Gasteiger partial charge in [-0.15, -0.1) is 0 Å². The molecule has 0 bridgehead atoms. The van der Waals surface area contributed by atoms with Gasteiger partial charge in [0, 0.05) is 11.4 Å². The molecule has 0 aromatic rings. The van der Waals surface area contributed by atoms with Gasteiger partial charge in [-0.3, -0.25) is 0 Å². The Labute approximate surface area is 108 Å². The van der Waals surface area contributed by atoms with Crippen molar-refractivity contribution in [1.29, 1.82) is 0 Å². The van der Waals surface area contributed by atoms with Crippen molar-refractivity contribution in [3.63, 3.8) is 0 Å². The third-order valence-corrected chi connectivity index (χ3v) is 4.82. The second kappa shape index (κ2) is 5.35. The number of hydrogen-bond acceptors (Lipinski definition) is 3. The highest BCUT2D eigenvalue weighted by Crippen LogP contribution is 2.17. The molecule has 6 heteroatoms. The maximum Gasteiger partial charge on any atom is 0.173 e. The minimum absolute atomic E-state index is 0.111. The lowest BCUT2D eigenvalue weighted by molar-refractivity contribution is 0.411. The highest BCUT2D eigenvalue weighted by atomic mass is 32.2. The molecule has 1 heterocycles. The van der Waals surface area contributed by atoms with Crippen molar-refractivity contribution in [3.8, 4) is 0 Å². The Bertz CT molecular complexity index is 411. The SMILES string of the molecule is O=S1(=O)C=C[C@H](NC(=S)NC2CCCCC2)C1. The van der Waals surface area contributed by atoms with Crippen molar-refractivity contribution in [2.24, 2.45) is 0 Å². The molecule has 17 heavy (non-hydrogen) atoms. The van der Waals surface area contributed by atoms with Gasteiger partial charge in [0.15, 0.2) is 14.9 Å². The molecule has 1 aliphatic carbocycles. The van der Waals surface area contributed by atoms with Crippen LogP contribution in [0, 0.1) is 0 Å². The van der Waals surface area contributed by atoms with Gasteiger partial charge in [-0.1, -0.05) is 19.3 Å². The minimum atomic E-state index is -3.00. The van der Waals surface area contributed by atoms with Crippen molar-refractivity contribution in [2.75, 3.05) is 5.75 Å². The van der Waals surface area contributed by atoms with Crippen LogP contribution >= 0.6 is 12.2 Å². The molecule has 1 atom stereocenters. The summed E-state index contributed by atoms with van der Waals surface area (Å²) in [5.41, 5.74) is 0. The summed E-state index contributed by atoms with van der Waals surface area (Å²) < 4.78 is 22.4. The maximum atomic E-state index is 11.2. The largest absolute Gasteiger partial charge is 0.360 e. The van der Waals surface area contributed by atoms with Crippen LogP contribution in [-0.4, -0.2) is 31.4 Å². The Morgan fingerprint density at radius 3 is 2.47 bits per heavy atom. The lowest BCUT2D eigenvalue weighted by Gasteiger charge is -2.25. The van der Waals surface area contributed by atoms with E-state index >= 15 is 0 Å². The van der Waals surface area contributed by atoms with Crippen LogP contribution in [0.25, 0.3) is 0 Å². The Hall–Kier alpha value is -0.620. The Morgan fingerprint density at radius 1 is 1.18 bits per heavy atom. The van der Waals surface area contributed by atoms with Crippen LogP contribution in [0.5, 0.6) is 0 Å². The Balaban J connectivity index is 1.76. The molecule has 96 valence electrons. The van der Waals surface area contributed by atoms with E-state index in [2.05, 4.69) is 10.6 Å². The van der Waals surface area contributed by atoms with Crippen molar-refractivity contribution in [1.82, 2.24) is 10.6 Å². The van der Waals surface area contributed by atoms with Gasteiger partial charge in [-0.2, -0.15) is 0 Å². The van der Waals surface area contributed by atoms with Crippen LogP contribution in [0.15, 0.2) is 11.5 Å². The third kappa shape index (κ3) is 3.96. The van der Waals surface area contributed by atoms with Gasteiger partial charge in [0.25, 0.3) is 0 Å². The van der Waals surface area contributed by atoms with E-state index < -0.39 is 9.84 Å². The average molecular weight is 274 g/mol. The van der Waals surface area contributed by atoms with Crippen LogP contribution in [-0.2, 0) is 9.84 Å². The highest BCUT2D eigenvalue weighted by Gasteiger charge is 2.22. The number of nitrogens with one attached hydrogen (secondary N) is 2. The van der Waals surface area contributed by atoms with Gasteiger partial charge in [0.1, 0.15) is 0 Å². The fraction of sp³-hybridized carbons (Fsp3) is 0.727. The van der Waals surface area contributed by atoms with E-state index in [0.717, 1.165) is 12.8 Å². The van der Waals surface area contributed by atoms with Gasteiger partial charge < -0.3 is 10.6 Å². The zero-order valence-electron chi connectivity index (χ0n) is 9.69. The summed E-state index contributed by atoms with van der Waals surface area (Å²) in [6.07, 6.45) is 7.77. The predicted molar refractivity (Wildman–Crippen MR) is 72.5 cm³/mol. The molecule has 2 aliphatic rings. The van der Waals surface area contributed by atoms with Crippen LogP contribution in [0.2, 0.25) is 0 Å². The molecule has 1 fully saturated rings. The summed E-state index contributed by atoms with van der Waals surface area (Å²) in [5.74, 6) is 0.111. The Kier molecular flexibility index (Phi) is 4.04. The molecule has 4 nitrogen and oxygen atoms in total. The third-order valence-electron chi connectivity index (χ3n) is 3.19. The summed E-state index contributed by atoms with van der Waals surface area (Å²) >= 11 is 5.20. The topological polar surface area (TPSA) is 58.2 Å². The van der Waals surface area contributed by atoms with E-state index in [1.165, 1.54) is 24.7 Å². The van der Waals surface area contributed by atoms with E-state index in [1.807, 2.05) is 0 Å². The van der Waals surface area contributed by atoms with Crippen LogP contribution in [0.3, 0.4) is 0 Å². The van der Waals surface area contributed by atoms with Gasteiger partial charge >= 0.3 is 0 Å². The molecule has 0 unspecified atom stereocenters. The van der Waals surface area contributed by atoms with Gasteiger partial charge in [-0.05, 0) is 31.1 Å². The first-order valence-electron chi connectivity index (χ1n) is 6.03. The summed E-state index contributed by atoms with van der Waals surface area (Å²) in [6.45, 7) is 0. The molecule has 1 saturated carbocycles. The second-order valence-electron chi connectivity index (χ2n) is 4.72. The Morgan fingerprint density at radius 2 is 1.88 bits per heavy atom. The summed E-state index contributed by atoms with van der Waals surface area (Å²) in [4.78, 5) is 0. The molecular weight excluding hydrogens is 256 g/mol. The number of sulfone groups is 1. The summed E-state index contributed by atoms with van der Waals surface area (Å²) in [7, 11) is -3.00. The maximum absolute atomic E-state index is 11.2. The molecule has 1 aliphatic heterocycles. The van der Waals surface area contributed by atoms with E-state index in [0.29, 0.717) is 11.2 Å². The van der Waals surface area contributed by atoms with E-state index in [4.69, 9.17) is 12.2 Å². The zero-order valence-corrected chi connectivity index (χ0v) is 11.3. The standard InChI is InChI=1S/C11H18N2O2S2/c14-17(15)7-6-10(8-17)13-11(16)12-9-4-2-1-3-5-9/h6-7,9-10H,1-5,8H2,(H2,12,13,16)/t10-/m0/s1. The first kappa shape index (κ1) is 12.8. The van der Waals surface area contributed by atoms with E-state index in [1.54, 1.807) is 6.08 Å². The summed E-state index contributed by atoms with van der Waals surface area (Å²) in [6, 6.07) is 0.273. The zero-order chi connectivity index (χ0) is 12.3. The molecule has 0 spiro atoms. The van der Waals surface area contributed by atoms with Crippen molar-refractivity contribution in [2.45, 2.75) is 44.2 Å². The molecule has 0 aromatic carbocycles. The minimum Gasteiger partial charge on any atom is -0.360 e.